The molecule has 1 N–H and O–H groups in total. The third kappa shape index (κ3) is 6.29. The molecule has 0 aromatic heterocycles. The van der Waals surface area contributed by atoms with E-state index in [1.807, 2.05) is 12.3 Å². The maximum atomic E-state index is 11.7. The summed E-state index contributed by atoms with van der Waals surface area (Å²) in [5.74, 6) is -1.01. The molecule has 1 aromatic carbocycles. The van der Waals surface area contributed by atoms with Gasteiger partial charge in [0, 0.05) is 17.2 Å². The van der Waals surface area contributed by atoms with E-state index < -0.39 is 11.9 Å². The van der Waals surface area contributed by atoms with Gasteiger partial charge in [-0.2, -0.15) is 5.26 Å². The Bertz CT molecular complexity index is 554. The summed E-state index contributed by atoms with van der Waals surface area (Å²) in [6.07, 6.45) is 0. The second kappa shape index (κ2) is 9.00. The molecule has 0 aliphatic rings. The number of nitriles is 1. The molecule has 6 nitrogen and oxygen atoms in total. The molecule has 0 unspecified atom stereocenters. The number of ether oxygens (including phenoxy) is 2. The SMILES string of the molecule is CCOCC(=O)OCC(=O)Nc1ccc(SC#N)cc1C. The number of carbonyl (C=O) groups is 2. The number of thiocyanates is 1. The molecule has 21 heavy (non-hydrogen) atoms. The van der Waals surface area contributed by atoms with Gasteiger partial charge in [0.05, 0.1) is 0 Å². The summed E-state index contributed by atoms with van der Waals surface area (Å²) in [7, 11) is 0. The van der Waals surface area contributed by atoms with Crippen LogP contribution in [-0.4, -0.2) is 31.7 Å². The fraction of sp³-hybridized carbons (Fsp3) is 0.357. The van der Waals surface area contributed by atoms with Crippen LogP contribution in [0.2, 0.25) is 0 Å². The molecule has 0 radical (unpaired) electrons. The molecule has 0 spiro atoms. The average molecular weight is 308 g/mol. The first kappa shape index (κ1) is 17.0. The highest BCUT2D eigenvalue weighted by atomic mass is 32.2. The van der Waals surface area contributed by atoms with Crippen molar-refractivity contribution < 1.29 is 19.1 Å². The zero-order chi connectivity index (χ0) is 15.7. The minimum atomic E-state index is -0.579. The standard InChI is InChI=1S/C14H16N2O4S/c1-3-19-8-14(18)20-7-13(17)16-12-5-4-11(21-9-15)6-10(12)2/h4-6H,3,7-8H2,1-2H3,(H,16,17). The minimum Gasteiger partial charge on any atom is -0.454 e. The predicted octanol–water partition coefficient (Wildman–Crippen LogP) is 2.09. The number of nitrogens with one attached hydrogen (secondary N) is 1. The van der Waals surface area contributed by atoms with E-state index in [0.29, 0.717) is 12.3 Å². The van der Waals surface area contributed by atoms with E-state index in [0.717, 1.165) is 22.2 Å². The van der Waals surface area contributed by atoms with E-state index in [1.54, 1.807) is 25.1 Å². The zero-order valence-corrected chi connectivity index (χ0v) is 12.7. The van der Waals surface area contributed by atoms with Gasteiger partial charge in [-0.1, -0.05) is 0 Å². The highest BCUT2D eigenvalue weighted by Crippen LogP contribution is 2.23. The van der Waals surface area contributed by atoms with Crippen LogP contribution in [0.4, 0.5) is 5.69 Å². The lowest BCUT2D eigenvalue weighted by molar-refractivity contribution is -0.151. The highest BCUT2D eigenvalue weighted by Gasteiger charge is 2.09. The molecule has 1 rings (SSSR count). The van der Waals surface area contributed by atoms with Gasteiger partial charge in [0.2, 0.25) is 0 Å². The van der Waals surface area contributed by atoms with Gasteiger partial charge < -0.3 is 14.8 Å². The van der Waals surface area contributed by atoms with E-state index in [2.05, 4.69) is 5.32 Å². The van der Waals surface area contributed by atoms with Gasteiger partial charge in [-0.15, -0.1) is 0 Å². The molecule has 112 valence electrons. The molecule has 0 heterocycles. The van der Waals surface area contributed by atoms with E-state index in [-0.39, 0.29) is 13.2 Å². The highest BCUT2D eigenvalue weighted by molar-refractivity contribution is 8.03. The van der Waals surface area contributed by atoms with Gasteiger partial charge in [0.25, 0.3) is 5.91 Å². The van der Waals surface area contributed by atoms with Crippen molar-refractivity contribution in [1.29, 1.82) is 5.26 Å². The van der Waals surface area contributed by atoms with Crippen LogP contribution in [0.25, 0.3) is 0 Å². The molecule has 0 aliphatic heterocycles. The molecule has 1 amide bonds. The predicted molar refractivity (Wildman–Crippen MR) is 78.7 cm³/mol. The largest absolute Gasteiger partial charge is 0.454 e. The van der Waals surface area contributed by atoms with Crippen LogP contribution < -0.4 is 5.32 Å². The Hall–Kier alpha value is -2.04. The summed E-state index contributed by atoms with van der Waals surface area (Å²) >= 11 is 1.05. The number of carbonyl (C=O) groups excluding carboxylic acids is 2. The Morgan fingerprint density at radius 2 is 2.14 bits per heavy atom. The first-order valence-corrected chi connectivity index (χ1v) is 7.08. The van der Waals surface area contributed by atoms with Crippen LogP contribution in [0.5, 0.6) is 0 Å². The lowest BCUT2D eigenvalue weighted by atomic mass is 10.2. The van der Waals surface area contributed by atoms with Crippen LogP contribution in [0.15, 0.2) is 23.1 Å². The van der Waals surface area contributed by atoms with Crippen molar-refractivity contribution >= 4 is 29.3 Å². The van der Waals surface area contributed by atoms with Gasteiger partial charge in [-0.3, -0.25) is 4.79 Å². The van der Waals surface area contributed by atoms with Crippen LogP contribution in [0.3, 0.4) is 0 Å². The number of rotatable bonds is 7. The van der Waals surface area contributed by atoms with E-state index in [1.165, 1.54) is 0 Å². The number of thioether (sulfide) groups is 1. The van der Waals surface area contributed by atoms with E-state index >= 15 is 0 Å². The Morgan fingerprint density at radius 3 is 2.76 bits per heavy atom. The molecular weight excluding hydrogens is 292 g/mol. The summed E-state index contributed by atoms with van der Waals surface area (Å²) < 4.78 is 9.62. The van der Waals surface area contributed by atoms with Gasteiger partial charge in [0.1, 0.15) is 12.0 Å². The fourth-order valence-electron chi connectivity index (χ4n) is 1.45. The Labute approximate surface area is 127 Å². The Morgan fingerprint density at radius 1 is 1.38 bits per heavy atom. The maximum absolute atomic E-state index is 11.7. The monoisotopic (exact) mass is 308 g/mol. The topological polar surface area (TPSA) is 88.4 Å². The number of aryl methyl sites for hydroxylation is 1. The molecule has 0 bridgehead atoms. The lowest BCUT2D eigenvalue weighted by Gasteiger charge is -2.09. The average Bonchev–Trinajstić information content (AvgIpc) is 2.46. The summed E-state index contributed by atoms with van der Waals surface area (Å²) in [5.41, 5.74) is 1.44. The molecule has 0 atom stereocenters. The van der Waals surface area contributed by atoms with Gasteiger partial charge >= 0.3 is 5.97 Å². The third-order valence-electron chi connectivity index (χ3n) is 2.42. The van der Waals surface area contributed by atoms with Crippen molar-refractivity contribution in [2.45, 2.75) is 18.7 Å². The van der Waals surface area contributed by atoms with Crippen molar-refractivity contribution in [1.82, 2.24) is 0 Å². The number of hydrogen-bond donors (Lipinski definition) is 1. The van der Waals surface area contributed by atoms with Crippen LogP contribution >= 0.6 is 11.8 Å². The van der Waals surface area contributed by atoms with Crippen LogP contribution in [0.1, 0.15) is 12.5 Å². The zero-order valence-electron chi connectivity index (χ0n) is 11.8. The quantitative estimate of drug-likeness (QED) is 0.471. The summed E-state index contributed by atoms with van der Waals surface area (Å²) in [4.78, 5) is 23.7. The number of esters is 1. The fourth-order valence-corrected chi connectivity index (χ4v) is 1.93. The van der Waals surface area contributed by atoms with Gasteiger partial charge in [-0.25, -0.2) is 4.79 Å². The van der Waals surface area contributed by atoms with E-state index in [4.69, 9.17) is 14.7 Å². The number of anilines is 1. The van der Waals surface area contributed by atoms with Crippen molar-refractivity contribution in [3.05, 3.63) is 23.8 Å². The number of amides is 1. The maximum Gasteiger partial charge on any atom is 0.332 e. The second-order valence-electron chi connectivity index (χ2n) is 4.02. The van der Waals surface area contributed by atoms with Crippen molar-refractivity contribution in [2.75, 3.05) is 25.1 Å². The molecule has 1 aromatic rings. The smallest absolute Gasteiger partial charge is 0.332 e. The van der Waals surface area contributed by atoms with Crippen LogP contribution in [0, 0.1) is 17.6 Å². The number of nitrogens with zero attached hydrogens (tertiary/aromatic N) is 1. The molecule has 0 saturated heterocycles. The van der Waals surface area contributed by atoms with Crippen LogP contribution in [-0.2, 0) is 19.1 Å². The first-order valence-electron chi connectivity index (χ1n) is 6.26. The molecule has 7 heteroatoms. The van der Waals surface area contributed by atoms with Crippen molar-refractivity contribution in [2.24, 2.45) is 0 Å². The molecule has 0 fully saturated rings. The summed E-state index contributed by atoms with van der Waals surface area (Å²) in [5, 5.41) is 13.2. The molecule has 0 saturated carbocycles. The van der Waals surface area contributed by atoms with Crippen molar-refractivity contribution in [3.8, 4) is 5.40 Å². The molecular formula is C14H16N2O4S. The van der Waals surface area contributed by atoms with Gasteiger partial charge in [0.15, 0.2) is 6.61 Å². The van der Waals surface area contributed by atoms with E-state index in [9.17, 15) is 9.59 Å². The first-order chi connectivity index (χ1) is 10.1. The van der Waals surface area contributed by atoms with Crippen molar-refractivity contribution in [3.63, 3.8) is 0 Å². The summed E-state index contributed by atoms with van der Waals surface area (Å²) in [6.45, 7) is 3.46. The molecule has 0 aliphatic carbocycles. The second-order valence-corrected chi connectivity index (χ2v) is 4.87. The van der Waals surface area contributed by atoms with Gasteiger partial charge in [-0.05, 0) is 49.4 Å². The number of benzene rings is 1. The Kier molecular flexibility index (Phi) is 7.29. The lowest BCUT2D eigenvalue weighted by Crippen LogP contribution is -2.23. The number of hydrogen-bond acceptors (Lipinski definition) is 6. The third-order valence-corrected chi connectivity index (χ3v) is 3.00. The summed E-state index contributed by atoms with van der Waals surface area (Å²) in [6, 6.07) is 5.23. The minimum absolute atomic E-state index is 0.164. The normalized spacial score (nSPS) is 9.76. The Balaban J connectivity index is 2.48.